The van der Waals surface area contributed by atoms with Gasteiger partial charge in [0.15, 0.2) is 11.5 Å². The summed E-state index contributed by atoms with van der Waals surface area (Å²) in [5.74, 6) is 1.54. The molecule has 0 amide bonds. The van der Waals surface area contributed by atoms with Gasteiger partial charge in [-0.1, -0.05) is 0 Å². The molecule has 3 N–H and O–H groups in total. The van der Waals surface area contributed by atoms with Crippen LogP contribution in [0.1, 0.15) is 11.1 Å². The van der Waals surface area contributed by atoms with Gasteiger partial charge in [0.05, 0.1) is 19.3 Å². The van der Waals surface area contributed by atoms with E-state index in [1.165, 1.54) is 0 Å². The molecule has 0 saturated heterocycles. The Morgan fingerprint density at radius 2 is 1.78 bits per heavy atom. The van der Waals surface area contributed by atoms with Gasteiger partial charge in [0.1, 0.15) is 13.2 Å². The van der Waals surface area contributed by atoms with E-state index in [1.807, 2.05) is 19.1 Å². The zero-order valence-electron chi connectivity index (χ0n) is 10.5. The van der Waals surface area contributed by atoms with Crippen molar-refractivity contribution in [2.75, 3.05) is 26.4 Å². The van der Waals surface area contributed by atoms with Gasteiger partial charge in [0, 0.05) is 6.54 Å². The maximum absolute atomic E-state index is 9.00. The highest BCUT2D eigenvalue weighted by Crippen LogP contribution is 2.32. The second-order valence-corrected chi connectivity index (χ2v) is 4.37. The molecule has 0 aromatic heterocycles. The molecule has 5 heteroatoms. The van der Waals surface area contributed by atoms with Crippen molar-refractivity contribution < 1.29 is 19.7 Å². The number of aliphatic hydroxyl groups excluding tert-OH is 2. The van der Waals surface area contributed by atoms with Crippen LogP contribution in [0.4, 0.5) is 0 Å². The summed E-state index contributed by atoms with van der Waals surface area (Å²) in [4.78, 5) is 0. The van der Waals surface area contributed by atoms with E-state index in [9.17, 15) is 0 Å². The van der Waals surface area contributed by atoms with Crippen molar-refractivity contribution in [1.29, 1.82) is 0 Å². The summed E-state index contributed by atoms with van der Waals surface area (Å²) in [5.41, 5.74) is 2.17. The molecule has 2 rings (SSSR count). The fraction of sp³-hybridized carbons (Fsp3) is 0.538. The van der Waals surface area contributed by atoms with E-state index in [-0.39, 0.29) is 19.3 Å². The highest BCUT2D eigenvalue weighted by atomic mass is 16.6. The van der Waals surface area contributed by atoms with Gasteiger partial charge in [-0.05, 0) is 30.2 Å². The molecule has 1 aliphatic heterocycles. The molecule has 0 saturated carbocycles. The molecule has 0 fully saturated rings. The van der Waals surface area contributed by atoms with Crippen molar-refractivity contribution >= 4 is 0 Å². The molecule has 0 bridgehead atoms. The highest BCUT2D eigenvalue weighted by Gasteiger charge is 2.14. The Hall–Kier alpha value is -1.30. The minimum Gasteiger partial charge on any atom is -0.486 e. The van der Waals surface area contributed by atoms with Crippen LogP contribution in [0.2, 0.25) is 0 Å². The molecule has 1 aromatic carbocycles. The fourth-order valence-corrected chi connectivity index (χ4v) is 1.86. The van der Waals surface area contributed by atoms with Crippen molar-refractivity contribution in [1.82, 2.24) is 5.32 Å². The standard InChI is InChI=1S/C13H19NO4/c1-9-4-12-13(18-3-2-17-12)5-10(9)6-14-11(7-15)8-16/h4-5,11,14-16H,2-3,6-8H2,1H3. The summed E-state index contributed by atoms with van der Waals surface area (Å²) < 4.78 is 11.0. The van der Waals surface area contributed by atoms with Crippen molar-refractivity contribution in [3.8, 4) is 11.5 Å². The van der Waals surface area contributed by atoms with Gasteiger partial charge in [0.25, 0.3) is 0 Å². The Kier molecular flexibility index (Phi) is 4.41. The molecule has 18 heavy (non-hydrogen) atoms. The minimum atomic E-state index is -0.294. The van der Waals surface area contributed by atoms with Crippen LogP contribution in [0.25, 0.3) is 0 Å². The van der Waals surface area contributed by atoms with Crippen molar-refractivity contribution in [3.63, 3.8) is 0 Å². The molecule has 0 atom stereocenters. The van der Waals surface area contributed by atoms with Gasteiger partial charge in [-0.3, -0.25) is 0 Å². The van der Waals surface area contributed by atoms with Gasteiger partial charge in [-0.15, -0.1) is 0 Å². The third-order valence-electron chi connectivity index (χ3n) is 3.02. The van der Waals surface area contributed by atoms with Crippen molar-refractivity contribution in [2.45, 2.75) is 19.5 Å². The maximum atomic E-state index is 9.00. The number of ether oxygens (including phenoxy) is 2. The zero-order valence-corrected chi connectivity index (χ0v) is 10.5. The van der Waals surface area contributed by atoms with Crippen LogP contribution in [0.5, 0.6) is 11.5 Å². The first-order chi connectivity index (χ1) is 8.74. The molecule has 1 heterocycles. The van der Waals surface area contributed by atoms with Gasteiger partial charge in [-0.2, -0.15) is 0 Å². The first kappa shape index (κ1) is 13.1. The van der Waals surface area contributed by atoms with E-state index in [1.54, 1.807) is 0 Å². The summed E-state index contributed by atoms with van der Waals surface area (Å²) in [6, 6.07) is 3.61. The van der Waals surface area contributed by atoms with Crippen LogP contribution in [-0.2, 0) is 6.54 Å². The molecule has 0 aliphatic carbocycles. The second-order valence-electron chi connectivity index (χ2n) is 4.37. The first-order valence-electron chi connectivity index (χ1n) is 6.09. The SMILES string of the molecule is Cc1cc2c(cc1CNC(CO)CO)OCCO2. The van der Waals surface area contributed by atoms with E-state index in [0.29, 0.717) is 19.8 Å². The predicted octanol–water partition coefficient (Wildman–Crippen LogP) is 0.209. The van der Waals surface area contributed by atoms with Gasteiger partial charge >= 0.3 is 0 Å². The number of rotatable bonds is 5. The molecule has 0 radical (unpaired) electrons. The van der Waals surface area contributed by atoms with E-state index in [2.05, 4.69) is 5.32 Å². The van der Waals surface area contributed by atoms with Crippen molar-refractivity contribution in [3.05, 3.63) is 23.3 Å². The van der Waals surface area contributed by atoms with Crippen LogP contribution in [0.15, 0.2) is 12.1 Å². The average Bonchev–Trinajstić information content (AvgIpc) is 2.40. The minimum absolute atomic E-state index is 0.0832. The number of fused-ring (bicyclic) bond motifs is 1. The number of hydrogen-bond donors (Lipinski definition) is 3. The van der Waals surface area contributed by atoms with Crippen molar-refractivity contribution in [2.24, 2.45) is 0 Å². The van der Waals surface area contributed by atoms with Crippen LogP contribution in [-0.4, -0.2) is 42.7 Å². The summed E-state index contributed by atoms with van der Waals surface area (Å²) >= 11 is 0. The lowest BCUT2D eigenvalue weighted by molar-refractivity contribution is 0.168. The van der Waals surface area contributed by atoms with E-state index < -0.39 is 0 Å². The molecular weight excluding hydrogens is 234 g/mol. The third-order valence-corrected chi connectivity index (χ3v) is 3.02. The molecule has 5 nitrogen and oxygen atoms in total. The van der Waals surface area contributed by atoms with E-state index in [4.69, 9.17) is 19.7 Å². The summed E-state index contributed by atoms with van der Waals surface area (Å²) in [6.45, 7) is 3.57. The fourth-order valence-electron chi connectivity index (χ4n) is 1.86. The topological polar surface area (TPSA) is 71.0 Å². The molecule has 0 unspecified atom stereocenters. The number of hydrogen-bond acceptors (Lipinski definition) is 5. The zero-order chi connectivity index (χ0) is 13.0. The van der Waals surface area contributed by atoms with Crippen LogP contribution < -0.4 is 14.8 Å². The van der Waals surface area contributed by atoms with Gasteiger partial charge in [-0.25, -0.2) is 0 Å². The molecule has 1 aromatic rings. The Bertz CT molecular complexity index is 404. The lowest BCUT2D eigenvalue weighted by atomic mass is 10.1. The third kappa shape index (κ3) is 2.93. The Balaban J connectivity index is 2.08. The average molecular weight is 253 g/mol. The second kappa shape index (κ2) is 6.04. The highest BCUT2D eigenvalue weighted by molar-refractivity contribution is 5.47. The molecule has 1 aliphatic rings. The summed E-state index contributed by atoms with van der Waals surface area (Å²) in [6.07, 6.45) is 0. The molecule has 0 spiro atoms. The normalized spacial score (nSPS) is 14.0. The molecular formula is C13H19NO4. The number of aliphatic hydroxyl groups is 2. The monoisotopic (exact) mass is 253 g/mol. The predicted molar refractivity (Wildman–Crippen MR) is 67.0 cm³/mol. The number of benzene rings is 1. The van der Waals surface area contributed by atoms with Crippen LogP contribution in [0.3, 0.4) is 0 Å². The lowest BCUT2D eigenvalue weighted by Gasteiger charge is -2.21. The largest absolute Gasteiger partial charge is 0.486 e. The van der Waals surface area contributed by atoms with Crippen LogP contribution in [0, 0.1) is 6.92 Å². The smallest absolute Gasteiger partial charge is 0.161 e. The number of nitrogens with one attached hydrogen (secondary N) is 1. The van der Waals surface area contributed by atoms with E-state index >= 15 is 0 Å². The van der Waals surface area contributed by atoms with Gasteiger partial charge < -0.3 is 25.0 Å². The van der Waals surface area contributed by atoms with E-state index in [0.717, 1.165) is 22.6 Å². The molecule has 100 valence electrons. The Morgan fingerprint density at radius 1 is 1.17 bits per heavy atom. The number of aryl methyl sites for hydroxylation is 1. The Morgan fingerprint density at radius 3 is 2.39 bits per heavy atom. The van der Waals surface area contributed by atoms with Gasteiger partial charge in [0.2, 0.25) is 0 Å². The quantitative estimate of drug-likeness (QED) is 0.699. The Labute approximate surface area is 106 Å². The maximum Gasteiger partial charge on any atom is 0.161 e. The lowest BCUT2D eigenvalue weighted by Crippen LogP contribution is -2.35. The first-order valence-corrected chi connectivity index (χ1v) is 6.09. The van der Waals surface area contributed by atoms with Crippen LogP contribution >= 0.6 is 0 Å². The summed E-state index contributed by atoms with van der Waals surface area (Å²) in [7, 11) is 0. The summed E-state index contributed by atoms with van der Waals surface area (Å²) in [5, 5.41) is 21.1.